The Balaban J connectivity index is 2.51. The first-order valence-corrected chi connectivity index (χ1v) is 6.18. The van der Waals surface area contributed by atoms with Crippen LogP contribution in [0.15, 0.2) is 6.07 Å². The number of aromatic nitrogens is 2. The van der Waals surface area contributed by atoms with Crippen LogP contribution in [0, 0.1) is 12.8 Å². The highest BCUT2D eigenvalue weighted by molar-refractivity contribution is 7.18. The van der Waals surface area contributed by atoms with Crippen molar-refractivity contribution in [1.82, 2.24) is 9.97 Å². The highest BCUT2D eigenvalue weighted by atomic mass is 35.5. The summed E-state index contributed by atoms with van der Waals surface area (Å²) >= 11 is 7.79. The first-order valence-electron chi connectivity index (χ1n) is 4.99. The zero-order valence-electron chi connectivity index (χ0n) is 9.04. The number of hydrogen-bond donors (Lipinski definition) is 0. The highest BCUT2D eigenvalue weighted by Gasteiger charge is 2.09. The molecule has 80 valence electrons. The van der Waals surface area contributed by atoms with E-state index >= 15 is 0 Å². The molecule has 0 aliphatic heterocycles. The Bertz CT molecular complexity index is 491. The molecular weight excluding hydrogens is 228 g/mol. The summed E-state index contributed by atoms with van der Waals surface area (Å²) in [7, 11) is 0. The zero-order valence-corrected chi connectivity index (χ0v) is 10.6. The quantitative estimate of drug-likeness (QED) is 0.746. The fourth-order valence-electron chi connectivity index (χ4n) is 1.50. The third kappa shape index (κ3) is 2.29. The van der Waals surface area contributed by atoms with E-state index in [0.717, 1.165) is 22.5 Å². The molecular formula is C11H13ClN2S. The minimum atomic E-state index is 0.555. The second kappa shape index (κ2) is 4.06. The van der Waals surface area contributed by atoms with Crippen molar-refractivity contribution in [2.75, 3.05) is 0 Å². The molecule has 0 aromatic carbocycles. The summed E-state index contributed by atoms with van der Waals surface area (Å²) in [6, 6.07) is 2.04. The second-order valence-corrected chi connectivity index (χ2v) is 5.70. The number of hydrogen-bond acceptors (Lipinski definition) is 3. The van der Waals surface area contributed by atoms with Crippen molar-refractivity contribution >= 4 is 33.2 Å². The number of thiophene rings is 1. The molecule has 0 amide bonds. The average molecular weight is 241 g/mol. The lowest BCUT2D eigenvalue weighted by Gasteiger charge is -2.03. The molecule has 0 spiro atoms. The normalized spacial score (nSPS) is 11.5. The van der Waals surface area contributed by atoms with Gasteiger partial charge in [-0.25, -0.2) is 9.97 Å². The van der Waals surface area contributed by atoms with Gasteiger partial charge in [-0.2, -0.15) is 0 Å². The van der Waals surface area contributed by atoms with E-state index in [0.29, 0.717) is 11.1 Å². The van der Waals surface area contributed by atoms with Gasteiger partial charge in [-0.1, -0.05) is 25.4 Å². The van der Waals surface area contributed by atoms with Crippen LogP contribution in [0.1, 0.15) is 24.5 Å². The molecule has 0 bridgehead atoms. The van der Waals surface area contributed by atoms with E-state index in [1.54, 1.807) is 11.3 Å². The molecule has 0 aliphatic carbocycles. The van der Waals surface area contributed by atoms with E-state index in [4.69, 9.17) is 11.6 Å². The van der Waals surface area contributed by atoms with Gasteiger partial charge >= 0.3 is 0 Å². The lowest BCUT2D eigenvalue weighted by atomic mass is 10.1. The van der Waals surface area contributed by atoms with Gasteiger partial charge in [0, 0.05) is 16.7 Å². The van der Waals surface area contributed by atoms with Crippen molar-refractivity contribution in [2.45, 2.75) is 27.2 Å². The molecule has 0 fully saturated rings. The molecule has 0 N–H and O–H groups in total. The third-order valence-corrected chi connectivity index (χ3v) is 3.34. The summed E-state index contributed by atoms with van der Waals surface area (Å²) in [6.45, 7) is 6.37. The topological polar surface area (TPSA) is 25.8 Å². The maximum Gasteiger partial charge on any atom is 0.141 e. The van der Waals surface area contributed by atoms with Crippen LogP contribution in [-0.4, -0.2) is 9.97 Å². The van der Waals surface area contributed by atoms with Gasteiger partial charge in [0.25, 0.3) is 0 Å². The van der Waals surface area contributed by atoms with Crippen LogP contribution in [0.25, 0.3) is 10.2 Å². The van der Waals surface area contributed by atoms with Gasteiger partial charge in [0.1, 0.15) is 15.8 Å². The largest absolute Gasteiger partial charge is 0.222 e. The van der Waals surface area contributed by atoms with E-state index in [-0.39, 0.29) is 0 Å². The van der Waals surface area contributed by atoms with E-state index in [9.17, 15) is 0 Å². The summed E-state index contributed by atoms with van der Waals surface area (Å²) in [5.41, 5.74) is 0. The maximum atomic E-state index is 6.11. The van der Waals surface area contributed by atoms with Gasteiger partial charge in [-0.3, -0.25) is 0 Å². The minimum absolute atomic E-state index is 0.555. The summed E-state index contributed by atoms with van der Waals surface area (Å²) in [5, 5.41) is 1.56. The monoisotopic (exact) mass is 240 g/mol. The molecule has 15 heavy (non-hydrogen) atoms. The van der Waals surface area contributed by atoms with Crippen molar-refractivity contribution in [3.63, 3.8) is 0 Å². The predicted octanol–water partition coefficient (Wildman–Crippen LogP) is 3.85. The lowest BCUT2D eigenvalue weighted by Crippen LogP contribution is -2.00. The van der Waals surface area contributed by atoms with Crippen molar-refractivity contribution in [3.05, 3.63) is 21.9 Å². The summed E-state index contributed by atoms with van der Waals surface area (Å²) in [4.78, 5) is 11.1. The number of fused-ring (bicyclic) bond motifs is 1. The molecule has 0 saturated carbocycles. The van der Waals surface area contributed by atoms with Gasteiger partial charge in [-0.05, 0) is 18.9 Å². The van der Waals surface area contributed by atoms with Crippen LogP contribution >= 0.6 is 22.9 Å². The Hall–Kier alpha value is -0.670. The van der Waals surface area contributed by atoms with Crippen LogP contribution in [0.2, 0.25) is 5.15 Å². The Kier molecular flexibility index (Phi) is 2.94. The number of rotatable bonds is 2. The fraction of sp³-hybridized carbons (Fsp3) is 0.455. The van der Waals surface area contributed by atoms with E-state index < -0.39 is 0 Å². The fourth-order valence-corrected chi connectivity index (χ4v) is 2.70. The molecule has 0 aliphatic rings. The first-order chi connectivity index (χ1) is 7.06. The Morgan fingerprint density at radius 3 is 2.80 bits per heavy atom. The van der Waals surface area contributed by atoms with E-state index in [1.807, 2.05) is 6.07 Å². The molecule has 2 rings (SSSR count). The Morgan fingerprint density at radius 1 is 1.40 bits per heavy atom. The maximum absolute atomic E-state index is 6.11. The molecule has 0 saturated heterocycles. The zero-order chi connectivity index (χ0) is 11.0. The third-order valence-electron chi connectivity index (χ3n) is 2.11. The number of halogens is 1. The first kappa shape index (κ1) is 10.8. The van der Waals surface area contributed by atoms with Gasteiger partial charge in [0.05, 0.1) is 0 Å². The van der Waals surface area contributed by atoms with Crippen molar-refractivity contribution in [3.8, 4) is 0 Å². The van der Waals surface area contributed by atoms with Gasteiger partial charge in [-0.15, -0.1) is 11.3 Å². The Labute approximate surface area is 98.3 Å². The lowest BCUT2D eigenvalue weighted by molar-refractivity contribution is 0.623. The molecule has 0 unspecified atom stereocenters. The average Bonchev–Trinajstić information content (AvgIpc) is 2.44. The van der Waals surface area contributed by atoms with E-state index in [2.05, 4.69) is 30.7 Å². The number of aryl methyl sites for hydroxylation is 1. The van der Waals surface area contributed by atoms with Gasteiger partial charge < -0.3 is 0 Å². The number of nitrogens with zero attached hydrogens (tertiary/aromatic N) is 2. The van der Waals surface area contributed by atoms with Crippen LogP contribution < -0.4 is 0 Å². The SMILES string of the molecule is Cc1cc2c(Cl)nc(CC(C)C)nc2s1. The van der Waals surface area contributed by atoms with E-state index in [1.165, 1.54) is 4.88 Å². The molecule has 0 atom stereocenters. The van der Waals surface area contributed by atoms with Crippen LogP contribution in [0.4, 0.5) is 0 Å². The van der Waals surface area contributed by atoms with Crippen molar-refractivity contribution in [1.29, 1.82) is 0 Å². The summed E-state index contributed by atoms with van der Waals surface area (Å²) in [6.07, 6.45) is 0.882. The van der Waals surface area contributed by atoms with Gasteiger partial charge in [0.2, 0.25) is 0 Å². The summed E-state index contributed by atoms with van der Waals surface area (Å²) < 4.78 is 0. The summed E-state index contributed by atoms with van der Waals surface area (Å²) in [5.74, 6) is 1.41. The highest BCUT2D eigenvalue weighted by Crippen LogP contribution is 2.28. The van der Waals surface area contributed by atoms with Crippen LogP contribution in [0.3, 0.4) is 0 Å². The molecule has 2 nitrogen and oxygen atoms in total. The standard InChI is InChI=1S/C11H13ClN2S/c1-6(2)4-9-13-10(12)8-5-7(3)15-11(8)14-9/h5-6H,4H2,1-3H3. The van der Waals surface area contributed by atoms with Crippen molar-refractivity contribution < 1.29 is 0 Å². The molecule has 2 aromatic rings. The molecule has 2 aromatic heterocycles. The molecule has 2 heterocycles. The van der Waals surface area contributed by atoms with Crippen LogP contribution in [0.5, 0.6) is 0 Å². The smallest absolute Gasteiger partial charge is 0.141 e. The minimum Gasteiger partial charge on any atom is -0.222 e. The molecule has 0 radical (unpaired) electrons. The predicted molar refractivity (Wildman–Crippen MR) is 65.7 cm³/mol. The van der Waals surface area contributed by atoms with Crippen molar-refractivity contribution in [2.24, 2.45) is 5.92 Å². The molecule has 4 heteroatoms. The van der Waals surface area contributed by atoms with Crippen LogP contribution in [-0.2, 0) is 6.42 Å². The van der Waals surface area contributed by atoms with Gasteiger partial charge in [0.15, 0.2) is 0 Å². The Morgan fingerprint density at radius 2 is 2.13 bits per heavy atom. The second-order valence-electron chi connectivity index (χ2n) is 4.10.